The van der Waals surface area contributed by atoms with Crippen molar-refractivity contribution in [1.29, 1.82) is 0 Å². The summed E-state index contributed by atoms with van der Waals surface area (Å²) in [7, 11) is 1.69. The second-order valence-electron chi connectivity index (χ2n) is 3.40. The number of fused-ring (bicyclic) bond motifs is 1. The molecule has 0 saturated carbocycles. The molecule has 0 aliphatic carbocycles. The molecular formula is C11H12BrNO. The zero-order valence-corrected chi connectivity index (χ0v) is 10.0. The number of hydrogen-bond acceptors (Lipinski definition) is 1. The van der Waals surface area contributed by atoms with Crippen LogP contribution in [-0.4, -0.2) is 12.1 Å². The number of benzene rings is 1. The molecule has 1 aromatic heterocycles. The number of nitrogens with one attached hydrogen (secondary N) is 1. The number of aromatic amines is 1. The third kappa shape index (κ3) is 1.23. The number of halogens is 1. The van der Waals surface area contributed by atoms with Crippen LogP contribution in [0.15, 0.2) is 16.7 Å². The first kappa shape index (κ1) is 9.59. The molecule has 0 aliphatic heterocycles. The predicted molar refractivity (Wildman–Crippen MR) is 62.0 cm³/mol. The van der Waals surface area contributed by atoms with Crippen molar-refractivity contribution in [3.05, 3.63) is 27.9 Å². The maximum Gasteiger partial charge on any atom is 0.142 e. The maximum atomic E-state index is 5.30. The van der Waals surface area contributed by atoms with Crippen molar-refractivity contribution >= 4 is 26.8 Å². The van der Waals surface area contributed by atoms with Gasteiger partial charge in [-0.25, -0.2) is 0 Å². The van der Waals surface area contributed by atoms with Crippen LogP contribution < -0.4 is 4.74 Å². The number of hydrogen-bond donors (Lipinski definition) is 1. The lowest BCUT2D eigenvalue weighted by Gasteiger charge is -2.03. The Balaban J connectivity index is 2.91. The number of aromatic nitrogens is 1. The van der Waals surface area contributed by atoms with Gasteiger partial charge in [0.05, 0.1) is 17.2 Å². The molecule has 1 N–H and O–H groups in total. The number of aryl methyl sites for hydroxylation is 2. The van der Waals surface area contributed by atoms with E-state index in [0.717, 1.165) is 15.9 Å². The Hall–Kier alpha value is -0.960. The molecule has 1 aromatic carbocycles. The Labute approximate surface area is 91.4 Å². The monoisotopic (exact) mass is 253 g/mol. The van der Waals surface area contributed by atoms with Crippen LogP contribution in [0.25, 0.3) is 10.9 Å². The number of ether oxygens (including phenoxy) is 1. The van der Waals surface area contributed by atoms with Crippen LogP contribution in [0, 0.1) is 13.8 Å². The molecule has 0 amide bonds. The van der Waals surface area contributed by atoms with Crippen molar-refractivity contribution in [2.45, 2.75) is 13.8 Å². The summed E-state index contributed by atoms with van der Waals surface area (Å²) in [6.45, 7) is 4.20. The summed E-state index contributed by atoms with van der Waals surface area (Å²) in [5.41, 5.74) is 3.56. The molecule has 1 heterocycles. The van der Waals surface area contributed by atoms with Crippen molar-refractivity contribution < 1.29 is 4.74 Å². The van der Waals surface area contributed by atoms with E-state index in [1.54, 1.807) is 7.11 Å². The van der Waals surface area contributed by atoms with Gasteiger partial charge in [0, 0.05) is 5.39 Å². The van der Waals surface area contributed by atoms with E-state index in [1.165, 1.54) is 16.5 Å². The molecule has 0 aliphatic rings. The Morgan fingerprint density at radius 1 is 1.29 bits per heavy atom. The largest absolute Gasteiger partial charge is 0.495 e. The van der Waals surface area contributed by atoms with Crippen LogP contribution >= 0.6 is 15.9 Å². The molecule has 0 fully saturated rings. The average molecular weight is 254 g/mol. The minimum Gasteiger partial charge on any atom is -0.495 e. The third-order valence-electron chi connectivity index (χ3n) is 2.53. The van der Waals surface area contributed by atoms with E-state index in [9.17, 15) is 0 Å². The molecule has 3 heteroatoms. The molecule has 0 saturated heterocycles. The molecule has 2 nitrogen and oxygen atoms in total. The minimum absolute atomic E-state index is 0.888. The molecule has 0 spiro atoms. The number of rotatable bonds is 1. The summed E-state index contributed by atoms with van der Waals surface area (Å²) in [6, 6.07) is 4.06. The fourth-order valence-electron chi connectivity index (χ4n) is 1.78. The first-order chi connectivity index (χ1) is 6.65. The van der Waals surface area contributed by atoms with E-state index in [4.69, 9.17) is 4.74 Å². The van der Waals surface area contributed by atoms with Crippen LogP contribution in [0.4, 0.5) is 0 Å². The Kier molecular flexibility index (Phi) is 2.27. The Morgan fingerprint density at radius 3 is 2.64 bits per heavy atom. The predicted octanol–water partition coefficient (Wildman–Crippen LogP) is 3.56. The minimum atomic E-state index is 0.888. The van der Waals surface area contributed by atoms with Crippen molar-refractivity contribution in [2.75, 3.05) is 7.11 Å². The van der Waals surface area contributed by atoms with Crippen LogP contribution in [-0.2, 0) is 0 Å². The normalized spacial score (nSPS) is 10.9. The molecule has 74 valence electrons. The van der Waals surface area contributed by atoms with Crippen LogP contribution in [0.3, 0.4) is 0 Å². The van der Waals surface area contributed by atoms with E-state index in [1.807, 2.05) is 6.07 Å². The fraction of sp³-hybridized carbons (Fsp3) is 0.273. The standard InChI is InChI=1S/C11H12BrNO/c1-6-4-5-8(14-3)10-9(6)7(2)11(12)13-10/h4-5,13H,1-3H3. The highest BCUT2D eigenvalue weighted by molar-refractivity contribution is 9.10. The van der Waals surface area contributed by atoms with Gasteiger partial charge >= 0.3 is 0 Å². The molecule has 0 unspecified atom stereocenters. The maximum absolute atomic E-state index is 5.30. The molecule has 0 atom stereocenters. The van der Waals surface area contributed by atoms with Gasteiger partial charge in [0.2, 0.25) is 0 Å². The second kappa shape index (κ2) is 3.31. The third-order valence-corrected chi connectivity index (χ3v) is 3.33. The van der Waals surface area contributed by atoms with Crippen molar-refractivity contribution in [1.82, 2.24) is 4.98 Å². The van der Waals surface area contributed by atoms with E-state index in [2.05, 4.69) is 40.8 Å². The average Bonchev–Trinajstić information content (AvgIpc) is 2.45. The molecule has 2 aromatic rings. The van der Waals surface area contributed by atoms with Crippen molar-refractivity contribution in [2.24, 2.45) is 0 Å². The summed E-state index contributed by atoms with van der Waals surface area (Å²) in [5.74, 6) is 0.888. The first-order valence-corrected chi connectivity index (χ1v) is 5.26. The topological polar surface area (TPSA) is 25.0 Å². The summed E-state index contributed by atoms with van der Waals surface area (Å²) >= 11 is 3.49. The van der Waals surface area contributed by atoms with Gasteiger partial charge in [-0.05, 0) is 47.0 Å². The zero-order chi connectivity index (χ0) is 10.3. The lowest BCUT2D eigenvalue weighted by Crippen LogP contribution is -1.85. The van der Waals surface area contributed by atoms with Crippen LogP contribution in [0.1, 0.15) is 11.1 Å². The quantitative estimate of drug-likeness (QED) is 0.826. The van der Waals surface area contributed by atoms with Gasteiger partial charge in [-0.15, -0.1) is 0 Å². The van der Waals surface area contributed by atoms with E-state index in [0.29, 0.717) is 0 Å². The first-order valence-electron chi connectivity index (χ1n) is 4.46. The van der Waals surface area contributed by atoms with Crippen molar-refractivity contribution in [3.63, 3.8) is 0 Å². The zero-order valence-electron chi connectivity index (χ0n) is 8.44. The lowest BCUT2D eigenvalue weighted by atomic mass is 10.1. The van der Waals surface area contributed by atoms with Crippen LogP contribution in [0.2, 0.25) is 0 Å². The highest BCUT2D eigenvalue weighted by Crippen LogP contribution is 2.33. The summed E-state index contributed by atoms with van der Waals surface area (Å²) in [4.78, 5) is 3.28. The Bertz CT molecular complexity index is 487. The van der Waals surface area contributed by atoms with Gasteiger partial charge in [0.15, 0.2) is 0 Å². The fourth-order valence-corrected chi connectivity index (χ4v) is 2.17. The Morgan fingerprint density at radius 2 is 2.00 bits per heavy atom. The summed E-state index contributed by atoms with van der Waals surface area (Å²) in [6.07, 6.45) is 0. The van der Waals surface area contributed by atoms with E-state index >= 15 is 0 Å². The highest BCUT2D eigenvalue weighted by atomic mass is 79.9. The highest BCUT2D eigenvalue weighted by Gasteiger charge is 2.11. The van der Waals surface area contributed by atoms with E-state index < -0.39 is 0 Å². The van der Waals surface area contributed by atoms with Gasteiger partial charge in [0.25, 0.3) is 0 Å². The summed E-state index contributed by atoms with van der Waals surface area (Å²) < 4.78 is 6.33. The van der Waals surface area contributed by atoms with Gasteiger partial charge in [-0.3, -0.25) is 0 Å². The summed E-state index contributed by atoms with van der Waals surface area (Å²) in [5, 5.41) is 1.25. The van der Waals surface area contributed by atoms with Gasteiger partial charge in [-0.1, -0.05) is 6.07 Å². The number of H-pyrrole nitrogens is 1. The molecule has 0 radical (unpaired) electrons. The smallest absolute Gasteiger partial charge is 0.142 e. The lowest BCUT2D eigenvalue weighted by molar-refractivity contribution is 0.419. The van der Waals surface area contributed by atoms with Crippen molar-refractivity contribution in [3.8, 4) is 5.75 Å². The van der Waals surface area contributed by atoms with Crippen LogP contribution in [0.5, 0.6) is 5.75 Å². The van der Waals surface area contributed by atoms with E-state index in [-0.39, 0.29) is 0 Å². The molecule has 2 rings (SSSR count). The number of methoxy groups -OCH3 is 1. The van der Waals surface area contributed by atoms with Gasteiger partial charge in [0.1, 0.15) is 5.75 Å². The molecular weight excluding hydrogens is 242 g/mol. The SMILES string of the molecule is COc1ccc(C)c2c(C)c(Br)[nH]c12. The van der Waals surface area contributed by atoms with Gasteiger partial charge < -0.3 is 9.72 Å². The second-order valence-corrected chi connectivity index (χ2v) is 4.19. The molecule has 0 bridgehead atoms. The van der Waals surface area contributed by atoms with Gasteiger partial charge in [-0.2, -0.15) is 0 Å². The molecule has 14 heavy (non-hydrogen) atoms.